The second-order valence-corrected chi connectivity index (χ2v) is 5.72. The third-order valence-electron chi connectivity index (χ3n) is 2.98. The summed E-state index contributed by atoms with van der Waals surface area (Å²) < 4.78 is 0. The fourth-order valence-electron chi connectivity index (χ4n) is 1.91. The lowest BCUT2D eigenvalue weighted by molar-refractivity contribution is 1.39. The molecular weight excluding hydrogens is 274 g/mol. The van der Waals surface area contributed by atoms with Crippen LogP contribution in [0.4, 0.5) is 5.69 Å². The molecule has 1 nitrogen and oxygen atoms in total. The van der Waals surface area contributed by atoms with Crippen LogP contribution < -0.4 is 0 Å². The van der Waals surface area contributed by atoms with Crippen LogP contribution in [0.25, 0.3) is 0 Å². The van der Waals surface area contributed by atoms with E-state index in [1.54, 1.807) is 11.8 Å². The Morgan fingerprint density at radius 2 is 1.19 bits per heavy atom. The average Bonchev–Trinajstić information content (AvgIpc) is 2.56. The fourth-order valence-corrected chi connectivity index (χ4v) is 2.75. The van der Waals surface area contributed by atoms with E-state index in [1.165, 1.54) is 9.79 Å². The number of aliphatic imine (C=N–C) groups is 1. The van der Waals surface area contributed by atoms with E-state index in [-0.39, 0.29) is 0 Å². The van der Waals surface area contributed by atoms with Crippen LogP contribution in [0, 0.1) is 0 Å². The molecule has 0 aromatic heterocycles. The first kappa shape index (κ1) is 13.7. The van der Waals surface area contributed by atoms with Crippen molar-refractivity contribution in [2.24, 2.45) is 4.99 Å². The topological polar surface area (TPSA) is 12.4 Å². The third-order valence-corrected chi connectivity index (χ3v) is 3.99. The van der Waals surface area contributed by atoms with Gasteiger partial charge in [0.15, 0.2) is 0 Å². The summed E-state index contributed by atoms with van der Waals surface area (Å²) in [5.74, 6) is 0. The van der Waals surface area contributed by atoms with E-state index in [1.807, 2.05) is 54.7 Å². The van der Waals surface area contributed by atoms with E-state index in [0.29, 0.717) is 0 Å². The van der Waals surface area contributed by atoms with Crippen LogP contribution in [0.2, 0.25) is 0 Å². The Morgan fingerprint density at radius 1 is 0.619 bits per heavy atom. The van der Waals surface area contributed by atoms with E-state index < -0.39 is 0 Å². The van der Waals surface area contributed by atoms with Crippen molar-refractivity contribution in [3.63, 3.8) is 0 Å². The molecule has 0 aliphatic rings. The molecule has 3 aromatic carbocycles. The van der Waals surface area contributed by atoms with Gasteiger partial charge in [0, 0.05) is 16.0 Å². The van der Waals surface area contributed by atoms with Crippen LogP contribution >= 0.6 is 11.8 Å². The van der Waals surface area contributed by atoms with Crippen LogP contribution in [-0.2, 0) is 0 Å². The molecule has 0 radical (unpaired) electrons. The molecule has 0 aliphatic carbocycles. The van der Waals surface area contributed by atoms with Gasteiger partial charge in [0.1, 0.15) is 0 Å². The second kappa shape index (κ2) is 6.91. The quantitative estimate of drug-likeness (QED) is 0.570. The van der Waals surface area contributed by atoms with Gasteiger partial charge in [-0.05, 0) is 42.0 Å². The zero-order chi connectivity index (χ0) is 14.3. The molecule has 0 atom stereocenters. The van der Waals surface area contributed by atoms with E-state index in [0.717, 1.165) is 11.3 Å². The van der Waals surface area contributed by atoms with Gasteiger partial charge in [0.05, 0.1) is 5.69 Å². The molecule has 0 unspecified atom stereocenters. The Bertz CT molecular complexity index is 704. The van der Waals surface area contributed by atoms with E-state index in [9.17, 15) is 0 Å². The van der Waals surface area contributed by atoms with Crippen molar-refractivity contribution in [1.29, 1.82) is 0 Å². The minimum atomic E-state index is 0.969. The van der Waals surface area contributed by atoms with Crippen molar-refractivity contribution in [3.05, 3.63) is 90.5 Å². The highest BCUT2D eigenvalue weighted by Crippen LogP contribution is 2.28. The molecule has 21 heavy (non-hydrogen) atoms. The monoisotopic (exact) mass is 289 g/mol. The SMILES string of the molecule is C(=Nc1ccc(Sc2ccccc2)cc1)c1ccccc1. The lowest BCUT2D eigenvalue weighted by atomic mass is 10.2. The molecule has 0 aliphatic heterocycles. The maximum atomic E-state index is 4.49. The van der Waals surface area contributed by atoms with Crippen molar-refractivity contribution < 1.29 is 0 Å². The lowest BCUT2D eigenvalue weighted by Gasteiger charge is -2.01. The van der Waals surface area contributed by atoms with Crippen LogP contribution in [0.3, 0.4) is 0 Å². The van der Waals surface area contributed by atoms with Crippen LogP contribution in [0.15, 0.2) is 99.7 Å². The third kappa shape index (κ3) is 4.07. The van der Waals surface area contributed by atoms with E-state index in [2.05, 4.69) is 41.4 Å². The molecule has 2 heteroatoms. The largest absolute Gasteiger partial charge is 0.256 e. The van der Waals surface area contributed by atoms with Crippen LogP contribution in [0.5, 0.6) is 0 Å². The molecule has 0 heterocycles. The summed E-state index contributed by atoms with van der Waals surface area (Å²) in [5, 5.41) is 0. The van der Waals surface area contributed by atoms with Gasteiger partial charge in [-0.25, -0.2) is 0 Å². The Balaban J connectivity index is 1.68. The summed E-state index contributed by atoms with van der Waals surface area (Å²) >= 11 is 1.76. The first-order valence-corrected chi connectivity index (χ1v) is 7.64. The van der Waals surface area contributed by atoms with Crippen molar-refractivity contribution in [2.45, 2.75) is 9.79 Å². The molecule has 0 amide bonds. The van der Waals surface area contributed by atoms with Crippen molar-refractivity contribution in [2.75, 3.05) is 0 Å². The van der Waals surface area contributed by atoms with Crippen molar-refractivity contribution in [1.82, 2.24) is 0 Å². The molecule has 102 valence electrons. The summed E-state index contributed by atoms with van der Waals surface area (Å²) in [6.45, 7) is 0. The number of hydrogen-bond donors (Lipinski definition) is 0. The molecule has 0 saturated heterocycles. The van der Waals surface area contributed by atoms with Gasteiger partial charge >= 0.3 is 0 Å². The van der Waals surface area contributed by atoms with Gasteiger partial charge in [0.2, 0.25) is 0 Å². The molecule has 0 saturated carbocycles. The Kier molecular flexibility index (Phi) is 4.49. The standard InChI is InChI=1S/C19H15NS/c1-3-7-16(8-4-1)15-20-17-11-13-19(14-12-17)21-18-9-5-2-6-10-18/h1-15H. The van der Waals surface area contributed by atoms with Gasteiger partial charge < -0.3 is 0 Å². The highest BCUT2D eigenvalue weighted by atomic mass is 32.2. The van der Waals surface area contributed by atoms with Gasteiger partial charge in [-0.3, -0.25) is 4.99 Å². The summed E-state index contributed by atoms with van der Waals surface area (Å²) in [6, 6.07) is 28.8. The normalized spacial score (nSPS) is 10.9. The lowest BCUT2D eigenvalue weighted by Crippen LogP contribution is -1.78. The summed E-state index contributed by atoms with van der Waals surface area (Å²) in [5.41, 5.74) is 2.08. The fraction of sp³-hybridized carbons (Fsp3) is 0. The maximum absolute atomic E-state index is 4.49. The minimum Gasteiger partial charge on any atom is -0.256 e. The van der Waals surface area contributed by atoms with Gasteiger partial charge in [-0.2, -0.15) is 0 Å². The predicted octanol–water partition coefficient (Wildman–Crippen LogP) is 5.59. The van der Waals surface area contributed by atoms with Crippen LogP contribution in [-0.4, -0.2) is 6.21 Å². The smallest absolute Gasteiger partial charge is 0.0630 e. The number of nitrogens with zero attached hydrogens (tertiary/aromatic N) is 1. The first-order chi connectivity index (χ1) is 10.4. The Labute approximate surface area is 129 Å². The van der Waals surface area contributed by atoms with Crippen molar-refractivity contribution >= 4 is 23.7 Å². The first-order valence-electron chi connectivity index (χ1n) is 6.82. The zero-order valence-corrected chi connectivity index (χ0v) is 12.3. The zero-order valence-electron chi connectivity index (χ0n) is 11.5. The van der Waals surface area contributed by atoms with E-state index in [4.69, 9.17) is 0 Å². The second-order valence-electron chi connectivity index (χ2n) is 4.58. The summed E-state index contributed by atoms with van der Waals surface area (Å²) in [6.07, 6.45) is 1.89. The predicted molar refractivity (Wildman–Crippen MR) is 90.7 cm³/mol. The van der Waals surface area contributed by atoms with Crippen LogP contribution in [0.1, 0.15) is 5.56 Å². The maximum Gasteiger partial charge on any atom is 0.0630 e. The molecule has 0 bridgehead atoms. The summed E-state index contributed by atoms with van der Waals surface area (Å²) in [7, 11) is 0. The van der Waals surface area contributed by atoms with Gasteiger partial charge in [0.25, 0.3) is 0 Å². The molecule has 0 fully saturated rings. The Morgan fingerprint density at radius 3 is 1.86 bits per heavy atom. The number of rotatable bonds is 4. The minimum absolute atomic E-state index is 0.969. The van der Waals surface area contributed by atoms with Crippen molar-refractivity contribution in [3.8, 4) is 0 Å². The average molecular weight is 289 g/mol. The highest BCUT2D eigenvalue weighted by Gasteiger charge is 1.96. The summed E-state index contributed by atoms with van der Waals surface area (Å²) in [4.78, 5) is 6.96. The van der Waals surface area contributed by atoms with Gasteiger partial charge in [-0.1, -0.05) is 60.3 Å². The number of hydrogen-bond acceptors (Lipinski definition) is 2. The molecule has 3 rings (SSSR count). The molecule has 0 N–H and O–H groups in total. The Hall–Kier alpha value is -2.32. The molecular formula is C19H15NS. The van der Waals surface area contributed by atoms with E-state index >= 15 is 0 Å². The van der Waals surface area contributed by atoms with Gasteiger partial charge in [-0.15, -0.1) is 0 Å². The highest BCUT2D eigenvalue weighted by molar-refractivity contribution is 7.99. The number of benzene rings is 3. The molecule has 3 aromatic rings. The molecule has 0 spiro atoms.